The third-order valence-corrected chi connectivity index (χ3v) is 4.00. The Bertz CT molecular complexity index is 555. The van der Waals surface area contributed by atoms with Crippen LogP contribution in [0.5, 0.6) is 0 Å². The summed E-state index contributed by atoms with van der Waals surface area (Å²) in [7, 11) is 1.72. The zero-order chi connectivity index (χ0) is 11.7. The minimum absolute atomic E-state index is 0.00460. The van der Waals surface area contributed by atoms with E-state index in [2.05, 4.69) is 21.0 Å². The number of nitrogens with one attached hydrogen (secondary N) is 1. The van der Waals surface area contributed by atoms with Gasteiger partial charge in [0.25, 0.3) is 5.56 Å². The van der Waals surface area contributed by atoms with Gasteiger partial charge >= 0.3 is 0 Å². The van der Waals surface area contributed by atoms with Crippen molar-refractivity contribution in [3.63, 3.8) is 0 Å². The first-order valence-electron chi connectivity index (χ1n) is 4.87. The van der Waals surface area contributed by atoms with Crippen LogP contribution < -0.4 is 11.3 Å². The molecule has 0 bridgehead atoms. The van der Waals surface area contributed by atoms with E-state index in [1.807, 2.05) is 12.1 Å². The largest absolute Gasteiger partial charge is 0.330 e. The van der Waals surface area contributed by atoms with Crippen molar-refractivity contribution in [1.29, 1.82) is 0 Å². The van der Waals surface area contributed by atoms with Crippen LogP contribution in [0.2, 0.25) is 0 Å². The van der Waals surface area contributed by atoms with Crippen molar-refractivity contribution in [2.24, 2.45) is 12.8 Å². The van der Waals surface area contributed by atoms with Crippen LogP contribution in [-0.2, 0) is 13.5 Å². The van der Waals surface area contributed by atoms with Crippen molar-refractivity contribution < 1.29 is 0 Å². The van der Waals surface area contributed by atoms with Crippen molar-refractivity contribution in [3.05, 3.63) is 31.8 Å². The summed E-state index contributed by atoms with van der Waals surface area (Å²) in [6, 6.07) is 3.96. The number of aryl methyl sites for hydroxylation is 1. The minimum Gasteiger partial charge on any atom is -0.330 e. The summed E-state index contributed by atoms with van der Waals surface area (Å²) in [4.78, 5) is 12.9. The topological polar surface area (TPSA) is 63.8 Å². The summed E-state index contributed by atoms with van der Waals surface area (Å²) in [5, 5.41) is 3.07. The maximum absolute atomic E-state index is 11.8. The Morgan fingerprint density at radius 3 is 2.88 bits per heavy atom. The van der Waals surface area contributed by atoms with E-state index in [0.29, 0.717) is 13.0 Å². The van der Waals surface area contributed by atoms with Gasteiger partial charge in [-0.2, -0.15) is 0 Å². The standard InChI is InChI=1S/C10H12BrN3OS/c1-14-10(15)6(4-5-12)9(13-14)7-2-3-8(11)16-7/h2-3,13H,4-5,12H2,1H3. The predicted molar refractivity (Wildman–Crippen MR) is 69.8 cm³/mol. The Morgan fingerprint density at radius 1 is 1.56 bits per heavy atom. The fraction of sp³-hybridized carbons (Fsp3) is 0.300. The van der Waals surface area contributed by atoms with Crippen molar-refractivity contribution in [3.8, 4) is 10.6 Å². The van der Waals surface area contributed by atoms with Crippen LogP contribution in [0.1, 0.15) is 5.56 Å². The normalized spacial score (nSPS) is 10.9. The number of thiophene rings is 1. The zero-order valence-corrected chi connectivity index (χ0v) is 11.2. The summed E-state index contributed by atoms with van der Waals surface area (Å²) in [5.74, 6) is 0. The van der Waals surface area contributed by atoms with Gasteiger partial charge in [0.15, 0.2) is 0 Å². The van der Waals surface area contributed by atoms with Crippen LogP contribution in [0.15, 0.2) is 20.7 Å². The lowest BCUT2D eigenvalue weighted by Crippen LogP contribution is -2.17. The second-order valence-electron chi connectivity index (χ2n) is 3.47. The molecule has 86 valence electrons. The van der Waals surface area contributed by atoms with Crippen LogP contribution in [0.25, 0.3) is 10.6 Å². The summed E-state index contributed by atoms with van der Waals surface area (Å²) in [6.45, 7) is 0.479. The molecule has 0 unspecified atom stereocenters. The highest BCUT2D eigenvalue weighted by molar-refractivity contribution is 9.11. The first-order chi connectivity index (χ1) is 7.63. The molecule has 0 saturated carbocycles. The zero-order valence-electron chi connectivity index (χ0n) is 8.79. The molecule has 0 spiro atoms. The number of halogens is 1. The molecule has 0 saturated heterocycles. The Kier molecular flexibility index (Phi) is 3.32. The van der Waals surface area contributed by atoms with Crippen molar-refractivity contribution >= 4 is 27.3 Å². The molecular formula is C10H12BrN3OS. The Morgan fingerprint density at radius 2 is 2.31 bits per heavy atom. The van der Waals surface area contributed by atoms with Crippen molar-refractivity contribution in [1.82, 2.24) is 9.78 Å². The molecule has 0 aliphatic carbocycles. The maximum atomic E-state index is 11.8. The molecule has 2 heterocycles. The molecule has 0 aliphatic rings. The fourth-order valence-corrected chi connectivity index (χ4v) is 3.03. The van der Waals surface area contributed by atoms with Gasteiger partial charge in [0.2, 0.25) is 0 Å². The number of nitrogens with two attached hydrogens (primary N) is 1. The molecular weight excluding hydrogens is 290 g/mol. The summed E-state index contributed by atoms with van der Waals surface area (Å²) < 4.78 is 2.54. The van der Waals surface area contributed by atoms with Gasteiger partial charge in [0.05, 0.1) is 14.4 Å². The van der Waals surface area contributed by atoms with Gasteiger partial charge in [0.1, 0.15) is 0 Å². The quantitative estimate of drug-likeness (QED) is 0.906. The lowest BCUT2D eigenvalue weighted by atomic mass is 10.1. The molecule has 0 radical (unpaired) electrons. The molecule has 2 rings (SSSR count). The van der Waals surface area contributed by atoms with E-state index >= 15 is 0 Å². The molecule has 0 aliphatic heterocycles. The number of aromatic amines is 1. The first kappa shape index (κ1) is 11.6. The van der Waals surface area contributed by atoms with E-state index in [1.165, 1.54) is 4.68 Å². The predicted octanol–water partition coefficient (Wildman–Crippen LogP) is 1.71. The van der Waals surface area contributed by atoms with Crippen LogP contribution in [-0.4, -0.2) is 16.3 Å². The SMILES string of the molecule is Cn1[nH]c(-c2ccc(Br)s2)c(CCN)c1=O. The fourth-order valence-electron chi connectivity index (χ4n) is 1.62. The first-order valence-corrected chi connectivity index (χ1v) is 6.48. The monoisotopic (exact) mass is 301 g/mol. The average Bonchev–Trinajstić information content (AvgIpc) is 2.78. The van der Waals surface area contributed by atoms with Crippen LogP contribution in [0, 0.1) is 0 Å². The second-order valence-corrected chi connectivity index (χ2v) is 5.93. The van der Waals surface area contributed by atoms with Gasteiger partial charge in [-0.1, -0.05) is 0 Å². The molecule has 2 aromatic heterocycles. The minimum atomic E-state index is 0.00460. The number of hydrogen-bond donors (Lipinski definition) is 2. The lowest BCUT2D eigenvalue weighted by molar-refractivity contribution is 0.739. The van der Waals surface area contributed by atoms with E-state index in [-0.39, 0.29) is 5.56 Å². The Balaban J connectivity index is 2.56. The smallest absolute Gasteiger partial charge is 0.270 e. The molecule has 3 N–H and O–H groups in total. The van der Waals surface area contributed by atoms with Crippen molar-refractivity contribution in [2.75, 3.05) is 6.54 Å². The van der Waals surface area contributed by atoms with E-state index < -0.39 is 0 Å². The molecule has 2 aromatic rings. The van der Waals surface area contributed by atoms with Gasteiger partial charge in [-0.15, -0.1) is 11.3 Å². The third kappa shape index (κ3) is 2.00. The molecule has 6 heteroatoms. The molecule has 0 fully saturated rings. The number of aromatic nitrogens is 2. The highest BCUT2D eigenvalue weighted by Crippen LogP contribution is 2.31. The molecule has 4 nitrogen and oxygen atoms in total. The number of rotatable bonds is 3. The van der Waals surface area contributed by atoms with Crippen LogP contribution in [0.3, 0.4) is 0 Å². The van der Waals surface area contributed by atoms with Crippen LogP contribution in [0.4, 0.5) is 0 Å². The van der Waals surface area contributed by atoms with Gasteiger partial charge in [-0.3, -0.25) is 14.6 Å². The maximum Gasteiger partial charge on any atom is 0.270 e. The van der Waals surface area contributed by atoms with Gasteiger partial charge < -0.3 is 5.73 Å². The van der Waals surface area contributed by atoms with E-state index in [4.69, 9.17) is 5.73 Å². The van der Waals surface area contributed by atoms with Crippen LogP contribution >= 0.6 is 27.3 Å². The molecule has 0 aromatic carbocycles. The molecule has 16 heavy (non-hydrogen) atoms. The third-order valence-electron chi connectivity index (χ3n) is 2.36. The lowest BCUT2D eigenvalue weighted by Gasteiger charge is -1.96. The van der Waals surface area contributed by atoms with E-state index in [1.54, 1.807) is 18.4 Å². The van der Waals surface area contributed by atoms with Gasteiger partial charge in [0, 0.05) is 12.6 Å². The highest BCUT2D eigenvalue weighted by Gasteiger charge is 2.14. The summed E-state index contributed by atoms with van der Waals surface area (Å²) in [6.07, 6.45) is 0.598. The van der Waals surface area contributed by atoms with E-state index in [0.717, 1.165) is 19.9 Å². The Labute approximate surface area is 105 Å². The number of nitrogens with zero attached hydrogens (tertiary/aromatic N) is 1. The number of hydrogen-bond acceptors (Lipinski definition) is 3. The van der Waals surface area contributed by atoms with E-state index in [9.17, 15) is 4.79 Å². The second kappa shape index (κ2) is 4.57. The highest BCUT2D eigenvalue weighted by atomic mass is 79.9. The van der Waals surface area contributed by atoms with Gasteiger partial charge in [-0.05, 0) is 41.0 Å². The molecule has 0 amide bonds. The summed E-state index contributed by atoms with van der Waals surface area (Å²) in [5.41, 5.74) is 7.17. The average molecular weight is 302 g/mol. The molecule has 0 atom stereocenters. The number of H-pyrrole nitrogens is 1. The summed E-state index contributed by atoms with van der Waals surface area (Å²) >= 11 is 5.01. The Hall–Kier alpha value is -0.850. The van der Waals surface area contributed by atoms with Crippen molar-refractivity contribution in [2.45, 2.75) is 6.42 Å². The van der Waals surface area contributed by atoms with Gasteiger partial charge in [-0.25, -0.2) is 0 Å².